The number of rotatable bonds is 3. The average Bonchev–Trinajstić information content (AvgIpc) is 2.81. The lowest BCUT2D eigenvalue weighted by Gasteiger charge is -2.34. The summed E-state index contributed by atoms with van der Waals surface area (Å²) >= 11 is 0. The van der Waals surface area contributed by atoms with Gasteiger partial charge >= 0.3 is 12.2 Å². The fraction of sp³-hybridized carbons (Fsp3) is 0.667. The Labute approximate surface area is 132 Å². The number of carbonyl (C=O) groups excluding carboxylic acids is 1. The van der Waals surface area contributed by atoms with Gasteiger partial charge < -0.3 is 19.7 Å². The Bertz CT molecular complexity index is 549. The molecule has 0 aromatic carbocycles. The zero-order chi connectivity index (χ0) is 17.2. The molecule has 1 fully saturated rings. The van der Waals surface area contributed by atoms with Crippen molar-refractivity contribution in [2.75, 3.05) is 13.1 Å². The van der Waals surface area contributed by atoms with Crippen LogP contribution in [0.15, 0.2) is 10.5 Å². The lowest BCUT2D eigenvalue weighted by Crippen LogP contribution is -2.48. The molecular formula is C15H21F3N2O3. The van der Waals surface area contributed by atoms with E-state index in [1.807, 2.05) is 13.0 Å². The van der Waals surface area contributed by atoms with Crippen LogP contribution < -0.4 is 5.32 Å². The normalized spacial score (nSPS) is 18.1. The maximum atomic E-state index is 12.5. The zero-order valence-electron chi connectivity index (χ0n) is 13.1. The lowest BCUT2D eigenvalue weighted by atomic mass is 9.91. The molecule has 1 aliphatic heterocycles. The first-order valence-corrected chi connectivity index (χ1v) is 7.52. The molecule has 1 aromatic rings. The molecule has 2 N–H and O–H groups in total. The first-order valence-electron chi connectivity index (χ1n) is 7.52. The van der Waals surface area contributed by atoms with Crippen molar-refractivity contribution in [3.63, 3.8) is 0 Å². The highest BCUT2D eigenvalue weighted by Crippen LogP contribution is 2.31. The van der Waals surface area contributed by atoms with Gasteiger partial charge in [0.1, 0.15) is 11.5 Å². The van der Waals surface area contributed by atoms with E-state index >= 15 is 0 Å². The van der Waals surface area contributed by atoms with Crippen molar-refractivity contribution in [3.05, 3.63) is 23.2 Å². The van der Waals surface area contributed by atoms with Crippen LogP contribution in [0.2, 0.25) is 0 Å². The van der Waals surface area contributed by atoms with Gasteiger partial charge in [0.05, 0.1) is 0 Å². The van der Waals surface area contributed by atoms with Gasteiger partial charge in [-0.3, -0.25) is 0 Å². The average molecular weight is 334 g/mol. The number of halogens is 3. The van der Waals surface area contributed by atoms with Gasteiger partial charge in [-0.1, -0.05) is 0 Å². The van der Waals surface area contributed by atoms with Gasteiger partial charge in [-0.2, -0.15) is 13.2 Å². The predicted octanol–water partition coefficient (Wildman–Crippen LogP) is 2.74. The second-order valence-electron chi connectivity index (χ2n) is 5.91. The van der Waals surface area contributed by atoms with Gasteiger partial charge in [-0.05, 0) is 38.7 Å². The highest BCUT2D eigenvalue weighted by molar-refractivity contribution is 5.74. The highest BCUT2D eigenvalue weighted by Gasteiger charge is 2.44. The van der Waals surface area contributed by atoms with Crippen LogP contribution in [0.25, 0.3) is 0 Å². The van der Waals surface area contributed by atoms with Crippen molar-refractivity contribution >= 4 is 6.03 Å². The number of piperidine rings is 1. The minimum Gasteiger partial charge on any atom is -0.466 e. The molecule has 0 bridgehead atoms. The van der Waals surface area contributed by atoms with Gasteiger partial charge in [-0.25, -0.2) is 4.79 Å². The number of aliphatic hydroxyl groups is 1. The third-order valence-corrected chi connectivity index (χ3v) is 4.18. The van der Waals surface area contributed by atoms with Crippen LogP contribution in [0.5, 0.6) is 0 Å². The molecule has 2 heterocycles. The number of urea groups is 1. The summed E-state index contributed by atoms with van der Waals surface area (Å²) in [5.74, 6) is 0.640. The standard InChI is InChI=1S/C15H21F3N2O3/c1-9-7-12(10(2)23-9)8-19-14(22)20-5-3-11(4-6-20)13(21)15(16,17)18/h7,11,13,21H,3-6,8H2,1-2H3,(H,19,22). The SMILES string of the molecule is Cc1cc(CNC(=O)N2CCC(C(O)C(F)(F)F)CC2)c(C)o1. The van der Waals surface area contributed by atoms with Gasteiger partial charge in [0.15, 0.2) is 6.10 Å². The van der Waals surface area contributed by atoms with E-state index in [2.05, 4.69) is 5.32 Å². The topological polar surface area (TPSA) is 65.7 Å². The van der Waals surface area contributed by atoms with Crippen LogP contribution >= 0.6 is 0 Å². The molecule has 1 aliphatic rings. The Kier molecular flexibility index (Phi) is 5.23. The number of amides is 2. The van der Waals surface area contributed by atoms with Crippen molar-refractivity contribution in [3.8, 4) is 0 Å². The van der Waals surface area contributed by atoms with E-state index in [0.29, 0.717) is 6.54 Å². The zero-order valence-corrected chi connectivity index (χ0v) is 13.1. The molecule has 1 atom stereocenters. The van der Waals surface area contributed by atoms with E-state index in [1.54, 1.807) is 6.92 Å². The summed E-state index contributed by atoms with van der Waals surface area (Å²) in [4.78, 5) is 13.5. The first kappa shape index (κ1) is 17.7. The Hall–Kier alpha value is -1.70. The maximum Gasteiger partial charge on any atom is 0.414 e. The third-order valence-electron chi connectivity index (χ3n) is 4.18. The number of hydrogen-bond acceptors (Lipinski definition) is 3. The summed E-state index contributed by atoms with van der Waals surface area (Å²) in [6.45, 7) is 4.33. The molecule has 23 heavy (non-hydrogen) atoms. The number of carbonyl (C=O) groups is 1. The number of aliphatic hydroxyl groups excluding tert-OH is 1. The Morgan fingerprint density at radius 2 is 2.04 bits per heavy atom. The van der Waals surface area contributed by atoms with Crippen molar-refractivity contribution < 1.29 is 27.5 Å². The van der Waals surface area contributed by atoms with Gasteiger partial charge in [0, 0.05) is 25.2 Å². The molecule has 5 nitrogen and oxygen atoms in total. The van der Waals surface area contributed by atoms with Crippen LogP contribution in [0, 0.1) is 19.8 Å². The smallest absolute Gasteiger partial charge is 0.414 e. The van der Waals surface area contributed by atoms with Gasteiger partial charge in [-0.15, -0.1) is 0 Å². The molecule has 0 saturated carbocycles. The summed E-state index contributed by atoms with van der Waals surface area (Å²) in [7, 11) is 0. The molecule has 1 aromatic heterocycles. The molecule has 2 amide bonds. The molecule has 0 aliphatic carbocycles. The van der Waals surface area contributed by atoms with Gasteiger partial charge in [0.25, 0.3) is 0 Å². The van der Waals surface area contributed by atoms with Crippen molar-refractivity contribution in [1.29, 1.82) is 0 Å². The number of nitrogens with one attached hydrogen (secondary N) is 1. The quantitative estimate of drug-likeness (QED) is 0.893. The summed E-state index contributed by atoms with van der Waals surface area (Å²) in [5, 5.41) is 12.0. The Morgan fingerprint density at radius 1 is 1.43 bits per heavy atom. The van der Waals surface area contributed by atoms with Crippen molar-refractivity contribution in [2.45, 2.75) is 45.5 Å². The molecule has 1 saturated heterocycles. The molecule has 2 rings (SSSR count). The van der Waals surface area contributed by atoms with Crippen molar-refractivity contribution in [2.24, 2.45) is 5.92 Å². The van der Waals surface area contributed by atoms with E-state index in [9.17, 15) is 23.1 Å². The molecule has 0 spiro atoms. The minimum absolute atomic E-state index is 0.137. The van der Waals surface area contributed by atoms with Crippen LogP contribution in [0.1, 0.15) is 29.9 Å². The molecule has 0 radical (unpaired) electrons. The van der Waals surface area contributed by atoms with E-state index in [1.165, 1.54) is 4.90 Å². The van der Waals surface area contributed by atoms with Crippen molar-refractivity contribution in [1.82, 2.24) is 10.2 Å². The maximum absolute atomic E-state index is 12.5. The number of furan rings is 1. The van der Waals surface area contributed by atoms with E-state index < -0.39 is 18.2 Å². The highest BCUT2D eigenvalue weighted by atomic mass is 19.4. The number of alkyl halides is 3. The number of nitrogens with zero attached hydrogens (tertiary/aromatic N) is 1. The monoisotopic (exact) mass is 334 g/mol. The first-order chi connectivity index (χ1) is 10.7. The number of hydrogen-bond donors (Lipinski definition) is 2. The number of likely N-dealkylation sites (tertiary alicyclic amines) is 1. The largest absolute Gasteiger partial charge is 0.466 e. The summed E-state index contributed by atoms with van der Waals surface area (Å²) in [5.41, 5.74) is 0.873. The molecule has 8 heteroatoms. The lowest BCUT2D eigenvalue weighted by molar-refractivity contribution is -0.222. The number of aryl methyl sites for hydroxylation is 2. The molecule has 130 valence electrons. The molecular weight excluding hydrogens is 313 g/mol. The second kappa shape index (κ2) is 6.82. The van der Waals surface area contributed by atoms with E-state index in [0.717, 1.165) is 17.1 Å². The third kappa shape index (κ3) is 4.40. The fourth-order valence-corrected chi connectivity index (χ4v) is 2.83. The summed E-state index contributed by atoms with van der Waals surface area (Å²) in [6, 6.07) is 1.52. The van der Waals surface area contributed by atoms with Crippen LogP contribution in [-0.4, -0.2) is 41.4 Å². The minimum atomic E-state index is -4.61. The van der Waals surface area contributed by atoms with E-state index in [4.69, 9.17) is 4.42 Å². The molecule has 1 unspecified atom stereocenters. The van der Waals surface area contributed by atoms with Crippen LogP contribution in [-0.2, 0) is 6.54 Å². The second-order valence-corrected chi connectivity index (χ2v) is 5.91. The Morgan fingerprint density at radius 3 is 2.52 bits per heavy atom. The summed E-state index contributed by atoms with van der Waals surface area (Å²) in [6.07, 6.45) is -6.65. The van der Waals surface area contributed by atoms with Crippen LogP contribution in [0.3, 0.4) is 0 Å². The fourth-order valence-electron chi connectivity index (χ4n) is 2.83. The Balaban J connectivity index is 1.81. The van der Waals surface area contributed by atoms with Crippen LogP contribution in [0.4, 0.5) is 18.0 Å². The predicted molar refractivity (Wildman–Crippen MR) is 76.8 cm³/mol. The summed E-state index contributed by atoms with van der Waals surface area (Å²) < 4.78 is 42.8. The van der Waals surface area contributed by atoms with Gasteiger partial charge in [0.2, 0.25) is 0 Å². The van der Waals surface area contributed by atoms with E-state index in [-0.39, 0.29) is 32.0 Å².